The Bertz CT molecular complexity index is 188. The molecule has 0 aromatic rings. The first-order valence-electron chi connectivity index (χ1n) is 5.82. The van der Waals surface area contributed by atoms with Crippen molar-refractivity contribution in [2.45, 2.75) is 59.0 Å². The summed E-state index contributed by atoms with van der Waals surface area (Å²) in [6, 6.07) is 0. The second-order valence-electron chi connectivity index (χ2n) is 5.71. The Kier molecular flexibility index (Phi) is 4.18. The Morgan fingerprint density at radius 2 is 2.07 bits per heavy atom. The number of aliphatic hydroxyl groups excluding tert-OH is 1. The molecule has 0 radical (unpaired) electrons. The van der Waals surface area contributed by atoms with Gasteiger partial charge in [-0.25, -0.2) is 0 Å². The Labute approximate surface area is 88.2 Å². The van der Waals surface area contributed by atoms with Gasteiger partial charge in [0, 0.05) is 0 Å². The Morgan fingerprint density at radius 3 is 2.57 bits per heavy atom. The third-order valence-corrected chi connectivity index (χ3v) is 3.04. The molecule has 1 nitrogen and oxygen atoms in total. The average molecular weight is 196 g/mol. The highest BCUT2D eigenvalue weighted by Gasteiger charge is 2.21. The van der Waals surface area contributed by atoms with Crippen LogP contribution in [0.25, 0.3) is 0 Å². The van der Waals surface area contributed by atoms with Gasteiger partial charge in [0.2, 0.25) is 0 Å². The lowest BCUT2D eigenvalue weighted by molar-refractivity contribution is 0.0814. The van der Waals surface area contributed by atoms with Crippen LogP contribution in [0.15, 0.2) is 12.2 Å². The number of hydrogen-bond donors (Lipinski definition) is 1. The molecule has 2 atom stereocenters. The molecule has 0 spiro atoms. The predicted molar refractivity (Wildman–Crippen MR) is 61.2 cm³/mol. The van der Waals surface area contributed by atoms with E-state index in [1.807, 2.05) is 0 Å². The van der Waals surface area contributed by atoms with E-state index >= 15 is 0 Å². The van der Waals surface area contributed by atoms with Crippen molar-refractivity contribution >= 4 is 0 Å². The molecule has 1 rings (SSSR count). The lowest BCUT2D eigenvalue weighted by Gasteiger charge is -2.26. The summed E-state index contributed by atoms with van der Waals surface area (Å²) >= 11 is 0. The topological polar surface area (TPSA) is 20.2 Å². The van der Waals surface area contributed by atoms with E-state index in [0.29, 0.717) is 11.3 Å². The van der Waals surface area contributed by atoms with Crippen LogP contribution < -0.4 is 0 Å². The van der Waals surface area contributed by atoms with Crippen molar-refractivity contribution in [2.24, 2.45) is 11.3 Å². The van der Waals surface area contributed by atoms with E-state index in [0.717, 1.165) is 25.7 Å². The van der Waals surface area contributed by atoms with Gasteiger partial charge in [0.05, 0.1) is 6.10 Å². The van der Waals surface area contributed by atoms with Crippen LogP contribution in [0, 0.1) is 11.3 Å². The molecule has 0 aromatic carbocycles. The normalized spacial score (nSPS) is 25.0. The van der Waals surface area contributed by atoms with Gasteiger partial charge in [-0.3, -0.25) is 0 Å². The molecular formula is C13H24O. The number of hydrogen-bond acceptors (Lipinski definition) is 1. The molecule has 14 heavy (non-hydrogen) atoms. The zero-order valence-electron chi connectivity index (χ0n) is 9.79. The van der Waals surface area contributed by atoms with Gasteiger partial charge >= 0.3 is 0 Å². The minimum absolute atomic E-state index is 0.0841. The fourth-order valence-corrected chi connectivity index (χ4v) is 1.98. The van der Waals surface area contributed by atoms with E-state index < -0.39 is 0 Å². The van der Waals surface area contributed by atoms with E-state index in [9.17, 15) is 5.11 Å². The molecule has 0 amide bonds. The summed E-state index contributed by atoms with van der Waals surface area (Å²) in [4.78, 5) is 0. The monoisotopic (exact) mass is 196 g/mol. The van der Waals surface area contributed by atoms with Gasteiger partial charge in [0.1, 0.15) is 0 Å². The van der Waals surface area contributed by atoms with Crippen molar-refractivity contribution in [3.8, 4) is 0 Å². The molecule has 1 aliphatic carbocycles. The van der Waals surface area contributed by atoms with Gasteiger partial charge in [-0.1, -0.05) is 32.9 Å². The summed E-state index contributed by atoms with van der Waals surface area (Å²) in [6.07, 6.45) is 9.83. The van der Waals surface area contributed by atoms with Gasteiger partial charge in [0.25, 0.3) is 0 Å². The third kappa shape index (κ3) is 4.28. The predicted octanol–water partition coefficient (Wildman–Crippen LogP) is 3.53. The maximum atomic E-state index is 10.0. The van der Waals surface area contributed by atoms with Crippen molar-refractivity contribution in [1.82, 2.24) is 0 Å². The first-order valence-corrected chi connectivity index (χ1v) is 5.82. The number of allylic oxidation sites excluding steroid dienone is 2. The molecule has 82 valence electrons. The molecular weight excluding hydrogens is 172 g/mol. The van der Waals surface area contributed by atoms with Crippen LogP contribution in [0.4, 0.5) is 0 Å². The average Bonchev–Trinajstić information content (AvgIpc) is 2.14. The molecule has 1 aliphatic rings. The van der Waals surface area contributed by atoms with Crippen LogP contribution in [-0.2, 0) is 0 Å². The van der Waals surface area contributed by atoms with E-state index in [-0.39, 0.29) is 6.10 Å². The summed E-state index contributed by atoms with van der Waals surface area (Å²) in [6.45, 7) is 6.71. The zero-order valence-corrected chi connectivity index (χ0v) is 9.79. The first kappa shape index (κ1) is 11.8. The number of rotatable bonds is 3. The quantitative estimate of drug-likeness (QED) is 0.685. The minimum Gasteiger partial charge on any atom is -0.393 e. The second kappa shape index (κ2) is 4.97. The first-order chi connectivity index (χ1) is 6.49. The third-order valence-electron chi connectivity index (χ3n) is 3.04. The van der Waals surface area contributed by atoms with Crippen molar-refractivity contribution < 1.29 is 5.11 Å². The minimum atomic E-state index is -0.0841. The summed E-state index contributed by atoms with van der Waals surface area (Å²) in [5, 5.41) is 10.0. The lowest BCUT2D eigenvalue weighted by atomic mass is 9.83. The smallest absolute Gasteiger partial charge is 0.0571 e. The maximum absolute atomic E-state index is 10.0. The van der Waals surface area contributed by atoms with Crippen LogP contribution in [0.5, 0.6) is 0 Å². The van der Waals surface area contributed by atoms with Gasteiger partial charge in [-0.2, -0.15) is 0 Å². The Morgan fingerprint density at radius 1 is 1.36 bits per heavy atom. The second-order valence-corrected chi connectivity index (χ2v) is 5.71. The highest BCUT2D eigenvalue weighted by Crippen LogP contribution is 2.28. The van der Waals surface area contributed by atoms with Crippen molar-refractivity contribution in [3.05, 3.63) is 12.2 Å². The van der Waals surface area contributed by atoms with Crippen LogP contribution >= 0.6 is 0 Å². The SMILES string of the molecule is CC(C)(C)CCC(O)C1CC=CCC1. The summed E-state index contributed by atoms with van der Waals surface area (Å²) in [5.41, 5.74) is 0.353. The van der Waals surface area contributed by atoms with Crippen LogP contribution in [0.2, 0.25) is 0 Å². The van der Waals surface area contributed by atoms with Crippen molar-refractivity contribution in [1.29, 1.82) is 0 Å². The molecule has 0 saturated heterocycles. The summed E-state index contributed by atoms with van der Waals surface area (Å²) < 4.78 is 0. The molecule has 0 saturated carbocycles. The Hall–Kier alpha value is -0.300. The molecule has 1 N–H and O–H groups in total. The lowest BCUT2D eigenvalue weighted by Crippen LogP contribution is -2.23. The molecule has 2 unspecified atom stereocenters. The van der Waals surface area contributed by atoms with E-state index in [1.54, 1.807) is 0 Å². The van der Waals surface area contributed by atoms with Gasteiger partial charge < -0.3 is 5.11 Å². The number of aliphatic hydroxyl groups is 1. The van der Waals surface area contributed by atoms with Crippen molar-refractivity contribution in [2.75, 3.05) is 0 Å². The largest absolute Gasteiger partial charge is 0.393 e. The van der Waals surface area contributed by atoms with E-state index in [4.69, 9.17) is 0 Å². The van der Waals surface area contributed by atoms with Gasteiger partial charge in [-0.05, 0) is 43.4 Å². The standard InChI is InChI=1S/C13H24O/c1-13(2,3)10-9-12(14)11-7-5-4-6-8-11/h4-5,11-12,14H,6-10H2,1-3H3. The summed E-state index contributed by atoms with van der Waals surface area (Å²) in [7, 11) is 0. The van der Waals surface area contributed by atoms with Crippen molar-refractivity contribution in [3.63, 3.8) is 0 Å². The Balaban J connectivity index is 2.27. The van der Waals surface area contributed by atoms with Crippen LogP contribution in [0.3, 0.4) is 0 Å². The highest BCUT2D eigenvalue weighted by atomic mass is 16.3. The molecule has 1 heteroatoms. The molecule has 0 aliphatic heterocycles. The molecule has 0 fully saturated rings. The molecule has 0 heterocycles. The fraction of sp³-hybridized carbons (Fsp3) is 0.846. The fourth-order valence-electron chi connectivity index (χ4n) is 1.98. The zero-order chi connectivity index (χ0) is 10.6. The van der Waals surface area contributed by atoms with Gasteiger partial charge in [0.15, 0.2) is 0 Å². The van der Waals surface area contributed by atoms with Gasteiger partial charge in [-0.15, -0.1) is 0 Å². The van der Waals surface area contributed by atoms with E-state index in [2.05, 4.69) is 32.9 Å². The maximum Gasteiger partial charge on any atom is 0.0571 e. The van der Waals surface area contributed by atoms with Crippen LogP contribution in [0.1, 0.15) is 52.9 Å². The molecule has 0 bridgehead atoms. The highest BCUT2D eigenvalue weighted by molar-refractivity contribution is 4.92. The van der Waals surface area contributed by atoms with E-state index in [1.165, 1.54) is 6.42 Å². The molecule has 0 aromatic heterocycles. The van der Waals surface area contributed by atoms with Crippen LogP contribution in [-0.4, -0.2) is 11.2 Å². The summed E-state index contributed by atoms with van der Waals surface area (Å²) in [5.74, 6) is 0.516.